The third-order valence-electron chi connectivity index (χ3n) is 2.91. The fourth-order valence-corrected chi connectivity index (χ4v) is 2.04. The number of carbonyl (C=O) groups excluding carboxylic acids is 2. The summed E-state index contributed by atoms with van der Waals surface area (Å²) in [5.74, 6) is -1.05. The number of carbonyl (C=O) groups is 2. The molecule has 1 N–H and O–H groups in total. The van der Waals surface area contributed by atoms with Crippen molar-refractivity contribution in [2.24, 2.45) is 0 Å². The number of benzene rings is 2. The molecule has 0 radical (unpaired) electrons. The van der Waals surface area contributed by atoms with E-state index in [1.54, 1.807) is 6.07 Å². The molecule has 22 heavy (non-hydrogen) atoms. The van der Waals surface area contributed by atoms with E-state index in [-0.39, 0.29) is 17.2 Å². The highest BCUT2D eigenvalue weighted by atomic mass is 35.5. The fourth-order valence-electron chi connectivity index (χ4n) is 1.74. The molecule has 0 aromatic heterocycles. The Bertz CT molecular complexity index is 716. The summed E-state index contributed by atoms with van der Waals surface area (Å²) in [7, 11) is 0. The quantitative estimate of drug-likeness (QED) is 0.854. The van der Waals surface area contributed by atoms with Gasteiger partial charge in [-0.25, -0.2) is 4.79 Å². The standard InChI is InChI=1S/C16H13Cl2NO3/c1-10-4-2-3-5-14(10)19-15(20)9-22-16(21)11-6-7-12(17)13(18)8-11/h2-8H,9H2,1H3,(H,19,20). The van der Waals surface area contributed by atoms with Crippen molar-refractivity contribution in [1.82, 2.24) is 0 Å². The van der Waals surface area contributed by atoms with E-state index in [0.29, 0.717) is 10.7 Å². The van der Waals surface area contributed by atoms with E-state index in [9.17, 15) is 9.59 Å². The van der Waals surface area contributed by atoms with E-state index in [2.05, 4.69) is 5.32 Å². The van der Waals surface area contributed by atoms with Crippen molar-refractivity contribution >= 4 is 40.8 Å². The normalized spacial score (nSPS) is 10.1. The zero-order valence-electron chi connectivity index (χ0n) is 11.7. The molecule has 0 saturated heterocycles. The molecule has 0 aliphatic carbocycles. The molecular formula is C16H13Cl2NO3. The molecule has 0 spiro atoms. The monoisotopic (exact) mass is 337 g/mol. The van der Waals surface area contributed by atoms with Gasteiger partial charge in [0.25, 0.3) is 5.91 Å². The van der Waals surface area contributed by atoms with Gasteiger partial charge in [0.1, 0.15) is 0 Å². The first-order chi connectivity index (χ1) is 10.5. The second-order valence-electron chi connectivity index (χ2n) is 4.57. The van der Waals surface area contributed by atoms with Crippen LogP contribution in [0.2, 0.25) is 10.0 Å². The molecule has 0 aliphatic rings. The van der Waals surface area contributed by atoms with Crippen molar-refractivity contribution in [2.75, 3.05) is 11.9 Å². The number of hydrogen-bond donors (Lipinski definition) is 1. The summed E-state index contributed by atoms with van der Waals surface area (Å²) in [6.45, 7) is 1.49. The number of aryl methyl sites for hydroxylation is 1. The van der Waals surface area contributed by atoms with E-state index in [1.807, 2.05) is 25.1 Å². The maximum Gasteiger partial charge on any atom is 0.338 e. The van der Waals surface area contributed by atoms with Crippen LogP contribution < -0.4 is 5.32 Å². The van der Waals surface area contributed by atoms with Crippen molar-refractivity contribution < 1.29 is 14.3 Å². The second-order valence-corrected chi connectivity index (χ2v) is 5.38. The lowest BCUT2D eigenvalue weighted by molar-refractivity contribution is -0.119. The minimum atomic E-state index is -0.640. The van der Waals surface area contributed by atoms with Gasteiger partial charge in [-0.3, -0.25) is 4.79 Å². The third kappa shape index (κ3) is 4.23. The predicted octanol–water partition coefficient (Wildman–Crippen LogP) is 4.10. The topological polar surface area (TPSA) is 55.4 Å². The largest absolute Gasteiger partial charge is 0.452 e. The molecule has 0 atom stereocenters. The van der Waals surface area contributed by atoms with Gasteiger partial charge in [-0.05, 0) is 36.8 Å². The Kier molecular flexibility index (Phi) is 5.41. The van der Waals surface area contributed by atoms with Gasteiger partial charge in [0.2, 0.25) is 0 Å². The minimum absolute atomic E-state index is 0.234. The molecule has 0 bridgehead atoms. The molecule has 2 aromatic rings. The van der Waals surface area contributed by atoms with Gasteiger partial charge >= 0.3 is 5.97 Å². The Labute approximate surface area is 138 Å². The van der Waals surface area contributed by atoms with E-state index < -0.39 is 11.9 Å². The Morgan fingerprint density at radius 3 is 2.50 bits per heavy atom. The molecule has 6 heteroatoms. The van der Waals surface area contributed by atoms with Crippen LogP contribution in [0, 0.1) is 6.92 Å². The van der Waals surface area contributed by atoms with Gasteiger partial charge < -0.3 is 10.1 Å². The Hall–Kier alpha value is -2.04. The number of anilines is 1. The molecule has 0 heterocycles. The lowest BCUT2D eigenvalue weighted by atomic mass is 10.2. The van der Waals surface area contributed by atoms with Gasteiger partial charge in [0.15, 0.2) is 6.61 Å². The first-order valence-corrected chi connectivity index (χ1v) is 7.20. The molecular weight excluding hydrogens is 325 g/mol. The van der Waals surface area contributed by atoms with Crippen LogP contribution in [-0.4, -0.2) is 18.5 Å². The number of rotatable bonds is 4. The van der Waals surface area contributed by atoms with Crippen molar-refractivity contribution in [1.29, 1.82) is 0 Å². The highest BCUT2D eigenvalue weighted by Crippen LogP contribution is 2.22. The highest BCUT2D eigenvalue weighted by Gasteiger charge is 2.12. The summed E-state index contributed by atoms with van der Waals surface area (Å²) in [6, 6.07) is 11.7. The third-order valence-corrected chi connectivity index (χ3v) is 3.65. The lowest BCUT2D eigenvalue weighted by Crippen LogP contribution is -2.21. The Balaban J connectivity index is 1.92. The molecule has 0 aliphatic heterocycles. The molecule has 1 amide bonds. The predicted molar refractivity (Wildman–Crippen MR) is 86.6 cm³/mol. The SMILES string of the molecule is Cc1ccccc1NC(=O)COC(=O)c1ccc(Cl)c(Cl)c1. The van der Waals surface area contributed by atoms with Crippen molar-refractivity contribution in [3.8, 4) is 0 Å². The van der Waals surface area contributed by atoms with Crippen LogP contribution in [0.5, 0.6) is 0 Å². The first kappa shape index (κ1) is 16.3. The zero-order chi connectivity index (χ0) is 16.1. The van der Waals surface area contributed by atoms with Crippen LogP contribution in [0.15, 0.2) is 42.5 Å². The van der Waals surface area contributed by atoms with Crippen LogP contribution >= 0.6 is 23.2 Å². The van der Waals surface area contributed by atoms with Gasteiger partial charge in [-0.15, -0.1) is 0 Å². The van der Waals surface area contributed by atoms with Crippen molar-refractivity contribution in [3.05, 3.63) is 63.6 Å². The number of amides is 1. The average molecular weight is 338 g/mol. The summed E-state index contributed by atoms with van der Waals surface area (Å²) >= 11 is 11.6. The van der Waals surface area contributed by atoms with Crippen LogP contribution in [-0.2, 0) is 9.53 Å². The summed E-state index contributed by atoms with van der Waals surface area (Å²) in [6.07, 6.45) is 0. The summed E-state index contributed by atoms with van der Waals surface area (Å²) in [5, 5.41) is 3.27. The number of hydrogen-bond acceptors (Lipinski definition) is 3. The fraction of sp³-hybridized carbons (Fsp3) is 0.125. The maximum atomic E-state index is 11.8. The van der Waals surface area contributed by atoms with Crippen LogP contribution in [0.4, 0.5) is 5.69 Å². The smallest absolute Gasteiger partial charge is 0.338 e. The molecule has 0 fully saturated rings. The molecule has 0 unspecified atom stereocenters. The molecule has 2 rings (SSSR count). The number of para-hydroxylation sites is 1. The Morgan fingerprint density at radius 2 is 1.82 bits per heavy atom. The van der Waals surface area contributed by atoms with Crippen LogP contribution in [0.1, 0.15) is 15.9 Å². The van der Waals surface area contributed by atoms with Gasteiger partial charge in [0.05, 0.1) is 15.6 Å². The summed E-state index contributed by atoms with van der Waals surface area (Å²) in [4.78, 5) is 23.6. The maximum absolute atomic E-state index is 11.8. The number of esters is 1. The van der Waals surface area contributed by atoms with E-state index >= 15 is 0 Å². The van der Waals surface area contributed by atoms with Crippen molar-refractivity contribution in [2.45, 2.75) is 6.92 Å². The lowest BCUT2D eigenvalue weighted by Gasteiger charge is -2.09. The van der Waals surface area contributed by atoms with E-state index in [0.717, 1.165) is 5.56 Å². The second kappa shape index (κ2) is 7.29. The van der Waals surface area contributed by atoms with Crippen LogP contribution in [0.3, 0.4) is 0 Å². The zero-order valence-corrected chi connectivity index (χ0v) is 13.2. The number of ether oxygens (including phenoxy) is 1. The molecule has 4 nitrogen and oxygen atoms in total. The summed E-state index contributed by atoms with van der Waals surface area (Å²) < 4.78 is 4.94. The first-order valence-electron chi connectivity index (χ1n) is 6.45. The number of nitrogens with one attached hydrogen (secondary N) is 1. The van der Waals surface area contributed by atoms with Gasteiger partial charge in [-0.2, -0.15) is 0 Å². The van der Waals surface area contributed by atoms with Gasteiger partial charge in [0, 0.05) is 5.69 Å². The molecule has 0 saturated carbocycles. The van der Waals surface area contributed by atoms with Crippen molar-refractivity contribution in [3.63, 3.8) is 0 Å². The summed E-state index contributed by atoms with van der Waals surface area (Å²) in [5.41, 5.74) is 1.84. The Morgan fingerprint density at radius 1 is 1.09 bits per heavy atom. The van der Waals surface area contributed by atoms with Crippen LogP contribution in [0.25, 0.3) is 0 Å². The average Bonchev–Trinajstić information content (AvgIpc) is 2.50. The highest BCUT2D eigenvalue weighted by molar-refractivity contribution is 6.42. The molecule has 2 aromatic carbocycles. The van der Waals surface area contributed by atoms with E-state index in [4.69, 9.17) is 27.9 Å². The minimum Gasteiger partial charge on any atom is -0.452 e. The van der Waals surface area contributed by atoms with Gasteiger partial charge in [-0.1, -0.05) is 41.4 Å². The number of halogens is 2. The van der Waals surface area contributed by atoms with E-state index in [1.165, 1.54) is 18.2 Å². The molecule has 114 valence electrons.